The molecule has 0 fully saturated rings. The van der Waals surface area contributed by atoms with Crippen LogP contribution in [-0.4, -0.2) is 50.0 Å². The fraction of sp³-hybridized carbons (Fsp3) is 0.300. The van der Waals surface area contributed by atoms with E-state index in [0.29, 0.717) is 11.0 Å². The third kappa shape index (κ3) is 4.25. The summed E-state index contributed by atoms with van der Waals surface area (Å²) >= 11 is 0. The second-order valence-corrected chi connectivity index (χ2v) is 7.09. The smallest absolute Gasteiger partial charge is 0.282 e. The Morgan fingerprint density at radius 3 is 2.44 bits per heavy atom. The summed E-state index contributed by atoms with van der Waals surface area (Å²) < 4.78 is 0.316. The van der Waals surface area contributed by atoms with Gasteiger partial charge in [0.1, 0.15) is 0 Å². The number of para-hydroxylation sites is 2. The van der Waals surface area contributed by atoms with Gasteiger partial charge in [0.15, 0.2) is 13.1 Å². The van der Waals surface area contributed by atoms with Crippen molar-refractivity contribution >= 4 is 23.2 Å². The molecule has 3 rings (SSSR count). The lowest BCUT2D eigenvalue weighted by molar-refractivity contribution is -0.874. The number of benzene rings is 2. The zero-order chi connectivity index (χ0) is 17.9. The zero-order valence-electron chi connectivity index (χ0n) is 14.7. The van der Waals surface area contributed by atoms with Crippen LogP contribution in [0.15, 0.2) is 54.6 Å². The molecule has 130 valence electrons. The molecule has 0 saturated heterocycles. The van der Waals surface area contributed by atoms with E-state index in [1.807, 2.05) is 67.5 Å². The van der Waals surface area contributed by atoms with Crippen molar-refractivity contribution in [1.82, 2.24) is 0 Å². The van der Waals surface area contributed by atoms with Crippen molar-refractivity contribution in [1.29, 1.82) is 0 Å². The molecule has 0 radical (unpaired) electrons. The Kier molecular flexibility index (Phi) is 4.86. The molecule has 2 amide bonds. The average Bonchev–Trinajstić information content (AvgIpc) is 2.98. The molecule has 2 aromatic rings. The topological polar surface area (TPSA) is 49.4 Å². The molecule has 0 spiro atoms. The van der Waals surface area contributed by atoms with Crippen LogP contribution < -0.4 is 10.2 Å². The van der Waals surface area contributed by atoms with Crippen LogP contribution in [0, 0.1) is 0 Å². The summed E-state index contributed by atoms with van der Waals surface area (Å²) in [5.41, 5.74) is 2.98. The summed E-state index contributed by atoms with van der Waals surface area (Å²) in [6, 6.07) is 17.4. The van der Waals surface area contributed by atoms with Crippen molar-refractivity contribution in [3.05, 3.63) is 60.2 Å². The minimum Gasteiger partial charge on any atom is -0.321 e. The first-order valence-electron chi connectivity index (χ1n) is 8.50. The predicted molar refractivity (Wildman–Crippen MR) is 99.4 cm³/mol. The third-order valence-corrected chi connectivity index (χ3v) is 4.38. The maximum atomic E-state index is 12.7. The van der Waals surface area contributed by atoms with Crippen LogP contribution in [0.5, 0.6) is 0 Å². The number of hydrogen-bond acceptors (Lipinski definition) is 2. The minimum absolute atomic E-state index is 0.0578. The van der Waals surface area contributed by atoms with Crippen molar-refractivity contribution in [3.8, 4) is 0 Å². The Balaban J connectivity index is 1.59. The minimum atomic E-state index is -0.0918. The largest absolute Gasteiger partial charge is 0.321 e. The Morgan fingerprint density at radius 1 is 1.00 bits per heavy atom. The fourth-order valence-electron chi connectivity index (χ4n) is 3.22. The van der Waals surface area contributed by atoms with Gasteiger partial charge in [-0.1, -0.05) is 36.4 Å². The van der Waals surface area contributed by atoms with Crippen LogP contribution >= 0.6 is 0 Å². The van der Waals surface area contributed by atoms with E-state index < -0.39 is 0 Å². The van der Waals surface area contributed by atoms with E-state index in [2.05, 4.69) is 11.4 Å². The van der Waals surface area contributed by atoms with E-state index in [9.17, 15) is 9.59 Å². The number of nitrogens with zero attached hydrogens (tertiary/aromatic N) is 2. The number of rotatable bonds is 5. The summed E-state index contributed by atoms with van der Waals surface area (Å²) in [5.74, 6) is -0.0340. The Hall–Kier alpha value is -2.66. The fourth-order valence-corrected chi connectivity index (χ4v) is 3.22. The molecule has 0 aliphatic carbocycles. The van der Waals surface area contributed by atoms with Crippen LogP contribution in [0.3, 0.4) is 0 Å². The van der Waals surface area contributed by atoms with E-state index in [1.54, 1.807) is 0 Å². The van der Waals surface area contributed by atoms with Gasteiger partial charge in [0, 0.05) is 17.9 Å². The molecule has 0 saturated carbocycles. The van der Waals surface area contributed by atoms with Gasteiger partial charge >= 0.3 is 0 Å². The second-order valence-electron chi connectivity index (χ2n) is 7.09. The van der Waals surface area contributed by atoms with Gasteiger partial charge in [0.05, 0.1) is 14.1 Å². The molecular formula is C20H24N3O2+. The molecule has 5 heteroatoms. The number of amides is 2. The number of hydrogen-bond donors (Lipinski definition) is 1. The van der Waals surface area contributed by atoms with Gasteiger partial charge in [-0.3, -0.25) is 9.59 Å². The van der Waals surface area contributed by atoms with E-state index in [0.717, 1.165) is 17.8 Å². The van der Waals surface area contributed by atoms with Crippen LogP contribution in [0.4, 0.5) is 11.4 Å². The highest BCUT2D eigenvalue weighted by Crippen LogP contribution is 2.27. The molecule has 0 bridgehead atoms. The van der Waals surface area contributed by atoms with Crippen molar-refractivity contribution in [3.63, 3.8) is 0 Å². The molecule has 0 aromatic heterocycles. The molecule has 1 aliphatic heterocycles. The van der Waals surface area contributed by atoms with E-state index in [1.165, 1.54) is 5.56 Å². The number of anilines is 2. The number of fused-ring (bicyclic) bond motifs is 1. The molecule has 25 heavy (non-hydrogen) atoms. The first-order valence-corrected chi connectivity index (χ1v) is 8.50. The normalized spacial score (nSPS) is 13.4. The van der Waals surface area contributed by atoms with Crippen molar-refractivity contribution < 1.29 is 14.1 Å². The van der Waals surface area contributed by atoms with Crippen molar-refractivity contribution in [2.24, 2.45) is 0 Å². The second kappa shape index (κ2) is 7.07. The Bertz CT molecular complexity index is 772. The van der Waals surface area contributed by atoms with Gasteiger partial charge in [-0.15, -0.1) is 0 Å². The maximum Gasteiger partial charge on any atom is 0.282 e. The Morgan fingerprint density at radius 2 is 1.68 bits per heavy atom. The molecule has 1 N–H and O–H groups in total. The van der Waals surface area contributed by atoms with Crippen LogP contribution in [-0.2, 0) is 16.0 Å². The van der Waals surface area contributed by atoms with Gasteiger partial charge in [-0.25, -0.2) is 0 Å². The number of quaternary nitrogens is 1. The lowest BCUT2D eigenvalue weighted by Gasteiger charge is -2.30. The number of carbonyl (C=O) groups excluding carboxylic acids is 2. The summed E-state index contributed by atoms with van der Waals surface area (Å²) in [6.07, 6.45) is 0.893. The number of likely N-dealkylation sites (N-methyl/N-ethyl adjacent to an activating group) is 1. The highest BCUT2D eigenvalue weighted by Gasteiger charge is 2.30. The number of nitrogens with one attached hydrogen (secondary N) is 1. The van der Waals surface area contributed by atoms with Gasteiger partial charge in [0.25, 0.3) is 11.8 Å². The quantitative estimate of drug-likeness (QED) is 0.851. The highest BCUT2D eigenvalue weighted by atomic mass is 16.2. The molecule has 1 heterocycles. The number of carbonyl (C=O) groups is 2. The van der Waals surface area contributed by atoms with Crippen LogP contribution in [0.25, 0.3) is 0 Å². The van der Waals surface area contributed by atoms with E-state index in [4.69, 9.17) is 0 Å². The average molecular weight is 338 g/mol. The lowest BCUT2D eigenvalue weighted by Crippen LogP contribution is -2.51. The van der Waals surface area contributed by atoms with Crippen molar-refractivity contribution in [2.75, 3.05) is 43.9 Å². The standard InChI is InChI=1S/C20H23N3O2/c1-23(2,14-19(24)21-17-9-4-3-5-10-17)15-20(25)22-13-12-16-8-6-7-11-18(16)22/h3-11H,12-15H2,1-2H3/p+1. The first-order chi connectivity index (χ1) is 11.9. The summed E-state index contributed by atoms with van der Waals surface area (Å²) in [5, 5.41) is 2.88. The van der Waals surface area contributed by atoms with Gasteiger partial charge in [0.2, 0.25) is 0 Å². The maximum absolute atomic E-state index is 12.7. The summed E-state index contributed by atoms with van der Waals surface area (Å²) in [4.78, 5) is 26.9. The Labute approximate surface area is 148 Å². The highest BCUT2D eigenvalue weighted by molar-refractivity contribution is 5.96. The third-order valence-electron chi connectivity index (χ3n) is 4.38. The molecule has 5 nitrogen and oxygen atoms in total. The molecule has 0 atom stereocenters. The predicted octanol–water partition coefficient (Wildman–Crippen LogP) is 2.29. The van der Waals surface area contributed by atoms with Crippen LogP contribution in [0.1, 0.15) is 5.56 Å². The van der Waals surface area contributed by atoms with Gasteiger partial charge < -0.3 is 14.7 Å². The van der Waals surface area contributed by atoms with Crippen LogP contribution in [0.2, 0.25) is 0 Å². The zero-order valence-corrected chi connectivity index (χ0v) is 14.7. The first kappa shape index (κ1) is 17.2. The molecule has 2 aromatic carbocycles. The monoisotopic (exact) mass is 338 g/mol. The molecule has 1 aliphatic rings. The SMILES string of the molecule is C[N+](C)(CC(=O)Nc1ccccc1)CC(=O)N1CCc2ccccc21. The van der Waals surface area contributed by atoms with Gasteiger partial charge in [-0.05, 0) is 30.2 Å². The van der Waals surface area contributed by atoms with E-state index >= 15 is 0 Å². The van der Waals surface area contributed by atoms with E-state index in [-0.39, 0.29) is 24.9 Å². The lowest BCUT2D eigenvalue weighted by atomic mass is 10.2. The summed E-state index contributed by atoms with van der Waals surface area (Å²) in [7, 11) is 3.81. The van der Waals surface area contributed by atoms with Gasteiger partial charge in [-0.2, -0.15) is 0 Å². The summed E-state index contributed by atoms with van der Waals surface area (Å²) in [6.45, 7) is 1.25. The van der Waals surface area contributed by atoms with Crippen molar-refractivity contribution in [2.45, 2.75) is 6.42 Å². The molecule has 0 unspecified atom stereocenters. The molecular weight excluding hydrogens is 314 g/mol.